The molecule has 0 aromatic heterocycles. The Labute approximate surface area is 149 Å². The molecule has 2 aromatic carbocycles. The molecule has 0 fully saturated rings. The van der Waals surface area contributed by atoms with Crippen LogP contribution < -0.4 is 0 Å². The van der Waals surface area contributed by atoms with Gasteiger partial charge in [-0.2, -0.15) is 0 Å². The molecule has 2 nitrogen and oxygen atoms in total. The maximum absolute atomic E-state index is 5.95. The average molecular weight is 428 g/mol. The molecule has 0 aliphatic heterocycles. The second kappa shape index (κ2) is 6.83. The highest BCUT2D eigenvalue weighted by atomic mass is 79.9. The normalized spacial score (nSPS) is 16.8. The van der Waals surface area contributed by atoms with E-state index in [0.717, 1.165) is 20.1 Å². The molecule has 118 valence electrons. The van der Waals surface area contributed by atoms with Gasteiger partial charge in [-0.15, -0.1) is 0 Å². The van der Waals surface area contributed by atoms with E-state index in [0.29, 0.717) is 0 Å². The van der Waals surface area contributed by atoms with Crippen molar-refractivity contribution in [2.75, 3.05) is 14.2 Å². The van der Waals surface area contributed by atoms with Crippen LogP contribution in [-0.4, -0.2) is 14.2 Å². The maximum Gasteiger partial charge on any atom is 0.123 e. The van der Waals surface area contributed by atoms with E-state index < -0.39 is 11.2 Å². The zero-order valence-electron chi connectivity index (χ0n) is 13.2. The summed E-state index contributed by atoms with van der Waals surface area (Å²) in [6.45, 7) is 4.11. The summed E-state index contributed by atoms with van der Waals surface area (Å²) < 4.78 is 14.0. The fourth-order valence-electron chi connectivity index (χ4n) is 2.71. The Kier molecular flexibility index (Phi) is 5.49. The molecule has 0 aliphatic rings. The summed E-state index contributed by atoms with van der Waals surface area (Å²) in [5.74, 6) is 0. The van der Waals surface area contributed by atoms with Crippen molar-refractivity contribution in [3.63, 3.8) is 0 Å². The maximum atomic E-state index is 5.95. The standard InChI is InChI=1S/C18H20Br2O2/c1-17(21-3,13-5-9-15(19)10-6-13)18(2,22-4)14-7-11-16(20)12-8-14/h5-12H,1-4H3. The van der Waals surface area contributed by atoms with Gasteiger partial charge >= 0.3 is 0 Å². The first-order valence-electron chi connectivity index (χ1n) is 7.00. The molecular formula is C18H20Br2O2. The minimum atomic E-state index is -0.629. The lowest BCUT2D eigenvalue weighted by Gasteiger charge is -2.45. The van der Waals surface area contributed by atoms with Crippen molar-refractivity contribution in [3.8, 4) is 0 Å². The largest absolute Gasteiger partial charge is 0.370 e. The molecule has 0 aliphatic carbocycles. The summed E-state index contributed by atoms with van der Waals surface area (Å²) in [6, 6.07) is 16.3. The Balaban J connectivity index is 2.57. The van der Waals surface area contributed by atoms with Crippen LogP contribution in [0.1, 0.15) is 25.0 Å². The van der Waals surface area contributed by atoms with Crippen LogP contribution in [-0.2, 0) is 20.7 Å². The van der Waals surface area contributed by atoms with Gasteiger partial charge in [0.2, 0.25) is 0 Å². The number of rotatable bonds is 5. The van der Waals surface area contributed by atoms with Crippen molar-refractivity contribution in [2.45, 2.75) is 25.0 Å². The lowest BCUT2D eigenvalue weighted by atomic mass is 9.75. The van der Waals surface area contributed by atoms with E-state index in [1.807, 2.05) is 24.3 Å². The van der Waals surface area contributed by atoms with E-state index in [1.165, 1.54) is 0 Å². The zero-order chi connectivity index (χ0) is 16.4. The monoisotopic (exact) mass is 426 g/mol. The van der Waals surface area contributed by atoms with E-state index in [1.54, 1.807) is 14.2 Å². The molecule has 0 N–H and O–H groups in total. The van der Waals surface area contributed by atoms with Crippen molar-refractivity contribution in [1.82, 2.24) is 0 Å². The minimum absolute atomic E-state index is 0.629. The Bertz CT molecular complexity index is 567. The van der Waals surface area contributed by atoms with Gasteiger partial charge in [0.1, 0.15) is 11.2 Å². The second-order valence-corrected chi connectivity index (χ2v) is 7.32. The van der Waals surface area contributed by atoms with Crippen molar-refractivity contribution in [1.29, 1.82) is 0 Å². The van der Waals surface area contributed by atoms with Crippen molar-refractivity contribution in [3.05, 3.63) is 68.6 Å². The molecule has 2 unspecified atom stereocenters. The first-order valence-corrected chi connectivity index (χ1v) is 8.58. The van der Waals surface area contributed by atoms with Crippen LogP contribution >= 0.6 is 31.9 Å². The summed E-state index contributed by atoms with van der Waals surface area (Å²) >= 11 is 6.95. The van der Waals surface area contributed by atoms with E-state index >= 15 is 0 Å². The van der Waals surface area contributed by atoms with Crippen LogP contribution in [0, 0.1) is 0 Å². The predicted octanol–water partition coefficient (Wildman–Crippen LogP) is 5.64. The molecule has 2 atom stereocenters. The highest BCUT2D eigenvalue weighted by Gasteiger charge is 2.48. The van der Waals surface area contributed by atoms with Crippen LogP contribution in [0.5, 0.6) is 0 Å². The number of hydrogen-bond acceptors (Lipinski definition) is 2. The van der Waals surface area contributed by atoms with Crippen LogP contribution in [0.2, 0.25) is 0 Å². The number of hydrogen-bond donors (Lipinski definition) is 0. The lowest BCUT2D eigenvalue weighted by molar-refractivity contribution is -0.180. The highest BCUT2D eigenvalue weighted by Crippen LogP contribution is 2.45. The van der Waals surface area contributed by atoms with Gasteiger partial charge in [0, 0.05) is 23.2 Å². The van der Waals surface area contributed by atoms with Crippen molar-refractivity contribution in [2.24, 2.45) is 0 Å². The first kappa shape index (κ1) is 17.7. The third-order valence-corrected chi connectivity index (χ3v) is 5.57. The van der Waals surface area contributed by atoms with Gasteiger partial charge in [0.05, 0.1) is 0 Å². The third kappa shape index (κ3) is 3.02. The van der Waals surface area contributed by atoms with Crippen LogP contribution in [0.25, 0.3) is 0 Å². The molecule has 0 bridgehead atoms. The fourth-order valence-corrected chi connectivity index (χ4v) is 3.24. The number of halogens is 2. The van der Waals surface area contributed by atoms with Crippen molar-refractivity contribution >= 4 is 31.9 Å². The molecule has 0 saturated heterocycles. The Morgan fingerprint density at radius 2 is 0.909 bits per heavy atom. The topological polar surface area (TPSA) is 18.5 Å². The van der Waals surface area contributed by atoms with E-state index in [9.17, 15) is 0 Å². The average Bonchev–Trinajstić information content (AvgIpc) is 2.54. The Morgan fingerprint density at radius 3 is 1.14 bits per heavy atom. The summed E-state index contributed by atoms with van der Waals surface area (Å²) in [5, 5.41) is 0. The highest BCUT2D eigenvalue weighted by molar-refractivity contribution is 9.10. The van der Waals surface area contributed by atoms with Gasteiger partial charge in [0.15, 0.2) is 0 Å². The van der Waals surface area contributed by atoms with E-state index in [2.05, 4.69) is 70.0 Å². The summed E-state index contributed by atoms with van der Waals surface area (Å²) in [4.78, 5) is 0. The molecule has 2 rings (SSSR count). The smallest absolute Gasteiger partial charge is 0.123 e. The van der Waals surface area contributed by atoms with Gasteiger partial charge in [-0.1, -0.05) is 56.1 Å². The Hall–Kier alpha value is -0.680. The number of ether oxygens (including phenoxy) is 2. The zero-order valence-corrected chi connectivity index (χ0v) is 16.4. The third-order valence-electron chi connectivity index (χ3n) is 4.52. The molecule has 0 saturated carbocycles. The molecular weight excluding hydrogens is 408 g/mol. The lowest BCUT2D eigenvalue weighted by Crippen LogP contribution is -2.48. The van der Waals surface area contributed by atoms with Crippen LogP contribution in [0.3, 0.4) is 0 Å². The SMILES string of the molecule is COC(C)(c1ccc(Br)cc1)C(C)(OC)c1ccc(Br)cc1. The molecule has 22 heavy (non-hydrogen) atoms. The fraction of sp³-hybridized carbons (Fsp3) is 0.333. The van der Waals surface area contributed by atoms with Crippen molar-refractivity contribution < 1.29 is 9.47 Å². The quantitative estimate of drug-likeness (QED) is 0.615. The van der Waals surface area contributed by atoms with Crippen LogP contribution in [0.4, 0.5) is 0 Å². The van der Waals surface area contributed by atoms with Gasteiger partial charge in [-0.25, -0.2) is 0 Å². The second-order valence-electron chi connectivity index (χ2n) is 5.49. The van der Waals surface area contributed by atoms with Gasteiger partial charge in [0.25, 0.3) is 0 Å². The minimum Gasteiger partial charge on any atom is -0.370 e. The molecule has 4 heteroatoms. The first-order chi connectivity index (χ1) is 10.4. The number of methoxy groups -OCH3 is 2. The Morgan fingerprint density at radius 1 is 0.636 bits per heavy atom. The predicted molar refractivity (Wildman–Crippen MR) is 97.0 cm³/mol. The van der Waals surface area contributed by atoms with E-state index in [-0.39, 0.29) is 0 Å². The van der Waals surface area contributed by atoms with E-state index in [4.69, 9.17) is 9.47 Å². The molecule has 0 radical (unpaired) electrons. The van der Waals surface area contributed by atoms with Crippen LogP contribution in [0.15, 0.2) is 57.5 Å². The van der Waals surface area contributed by atoms with Gasteiger partial charge < -0.3 is 9.47 Å². The van der Waals surface area contributed by atoms with Gasteiger partial charge in [-0.3, -0.25) is 0 Å². The summed E-state index contributed by atoms with van der Waals surface area (Å²) in [6.07, 6.45) is 0. The molecule has 2 aromatic rings. The molecule has 0 spiro atoms. The van der Waals surface area contributed by atoms with Gasteiger partial charge in [-0.05, 0) is 49.2 Å². The molecule has 0 heterocycles. The summed E-state index contributed by atoms with van der Waals surface area (Å²) in [5.41, 5.74) is 0.864. The number of benzene rings is 2. The molecule has 0 amide bonds. The summed E-state index contributed by atoms with van der Waals surface area (Å²) in [7, 11) is 3.44.